The van der Waals surface area contributed by atoms with E-state index in [9.17, 15) is 9.59 Å². The van der Waals surface area contributed by atoms with Gasteiger partial charge in [-0.05, 0) is 30.3 Å². The molecule has 26 heavy (non-hydrogen) atoms. The largest absolute Gasteiger partial charge is 0.497 e. The van der Waals surface area contributed by atoms with Crippen LogP contribution in [0, 0.1) is 0 Å². The molecule has 0 heterocycles. The highest BCUT2D eigenvalue weighted by Crippen LogP contribution is 2.29. The van der Waals surface area contributed by atoms with Gasteiger partial charge < -0.3 is 15.0 Å². The number of ether oxygens (including phenoxy) is 1. The van der Waals surface area contributed by atoms with Crippen molar-refractivity contribution >= 4 is 52.5 Å². The average Bonchev–Trinajstić information content (AvgIpc) is 2.62. The van der Waals surface area contributed by atoms with E-state index in [-0.39, 0.29) is 24.1 Å². The number of benzene rings is 2. The fourth-order valence-electron chi connectivity index (χ4n) is 2.04. The fourth-order valence-corrected chi connectivity index (χ4v) is 3.48. The Morgan fingerprint density at radius 2 is 1.96 bits per heavy atom. The number of carbonyl (C=O) groups is 2. The Labute approximate surface area is 166 Å². The summed E-state index contributed by atoms with van der Waals surface area (Å²) in [7, 11) is 3.13. The molecule has 2 aromatic carbocycles. The summed E-state index contributed by atoms with van der Waals surface area (Å²) in [5, 5.41) is 3.82. The smallest absolute Gasteiger partial charge is 0.243 e. The molecule has 0 aromatic heterocycles. The average molecular weight is 413 g/mol. The van der Waals surface area contributed by atoms with E-state index in [0.29, 0.717) is 21.5 Å². The number of halogens is 2. The normalized spacial score (nSPS) is 10.3. The molecular formula is C18H18Cl2N2O3S. The molecule has 138 valence electrons. The summed E-state index contributed by atoms with van der Waals surface area (Å²) < 4.78 is 5.11. The summed E-state index contributed by atoms with van der Waals surface area (Å²) in [5.74, 6) is 0.317. The van der Waals surface area contributed by atoms with Crippen molar-refractivity contribution in [1.29, 1.82) is 0 Å². The Morgan fingerprint density at radius 3 is 2.69 bits per heavy atom. The second-order valence-corrected chi connectivity index (χ2v) is 7.25. The molecule has 0 aliphatic carbocycles. The van der Waals surface area contributed by atoms with Crippen LogP contribution in [0.15, 0.2) is 47.4 Å². The Morgan fingerprint density at radius 1 is 1.19 bits per heavy atom. The van der Waals surface area contributed by atoms with Crippen molar-refractivity contribution in [2.75, 3.05) is 31.8 Å². The number of anilines is 1. The highest BCUT2D eigenvalue weighted by atomic mass is 35.5. The Hall–Kier alpha value is -1.89. The van der Waals surface area contributed by atoms with Gasteiger partial charge in [-0.25, -0.2) is 0 Å². The molecular weight excluding hydrogens is 395 g/mol. The van der Waals surface area contributed by atoms with Crippen LogP contribution < -0.4 is 10.1 Å². The van der Waals surface area contributed by atoms with E-state index in [1.807, 2.05) is 0 Å². The molecule has 0 fully saturated rings. The number of likely N-dealkylation sites (N-methyl/N-ethyl adjacent to an activating group) is 1. The molecule has 0 aliphatic rings. The second-order valence-electron chi connectivity index (χ2n) is 5.39. The summed E-state index contributed by atoms with van der Waals surface area (Å²) in [6.45, 7) is -0.0557. The van der Waals surface area contributed by atoms with Crippen LogP contribution in [0.4, 0.5) is 5.69 Å². The molecule has 0 aliphatic heterocycles. The number of nitrogens with zero attached hydrogens (tertiary/aromatic N) is 1. The lowest BCUT2D eigenvalue weighted by Crippen LogP contribution is -2.35. The maximum Gasteiger partial charge on any atom is 0.243 e. The van der Waals surface area contributed by atoms with E-state index in [1.54, 1.807) is 56.6 Å². The summed E-state index contributed by atoms with van der Waals surface area (Å²) >= 11 is 13.3. The van der Waals surface area contributed by atoms with Crippen LogP contribution in [0.2, 0.25) is 10.0 Å². The van der Waals surface area contributed by atoms with Gasteiger partial charge in [-0.15, -0.1) is 11.8 Å². The Balaban J connectivity index is 1.85. The van der Waals surface area contributed by atoms with Crippen LogP contribution in [0.25, 0.3) is 0 Å². The minimum Gasteiger partial charge on any atom is -0.497 e. The first-order valence-electron chi connectivity index (χ1n) is 7.64. The van der Waals surface area contributed by atoms with Crippen molar-refractivity contribution in [2.24, 2.45) is 0 Å². The van der Waals surface area contributed by atoms with Crippen molar-refractivity contribution < 1.29 is 14.3 Å². The summed E-state index contributed by atoms with van der Waals surface area (Å²) in [6.07, 6.45) is 0. The van der Waals surface area contributed by atoms with E-state index in [1.165, 1.54) is 16.7 Å². The number of hydrogen-bond acceptors (Lipinski definition) is 4. The summed E-state index contributed by atoms with van der Waals surface area (Å²) in [5.41, 5.74) is 0.607. The van der Waals surface area contributed by atoms with E-state index in [0.717, 1.165) is 4.90 Å². The zero-order valence-electron chi connectivity index (χ0n) is 14.3. The van der Waals surface area contributed by atoms with Gasteiger partial charge in [-0.3, -0.25) is 9.59 Å². The van der Waals surface area contributed by atoms with E-state index in [2.05, 4.69) is 5.32 Å². The second kappa shape index (κ2) is 9.71. The maximum atomic E-state index is 12.2. The molecule has 2 rings (SSSR count). The van der Waals surface area contributed by atoms with Crippen molar-refractivity contribution in [3.05, 3.63) is 52.5 Å². The molecule has 0 unspecified atom stereocenters. The number of amides is 2. The zero-order valence-corrected chi connectivity index (χ0v) is 16.6. The molecule has 0 radical (unpaired) electrons. The number of hydrogen-bond donors (Lipinski definition) is 1. The first-order chi connectivity index (χ1) is 12.4. The molecule has 5 nitrogen and oxygen atoms in total. The molecule has 2 aromatic rings. The molecule has 0 bridgehead atoms. The Bertz CT molecular complexity index is 802. The van der Waals surface area contributed by atoms with E-state index < -0.39 is 0 Å². The zero-order chi connectivity index (χ0) is 19.1. The topological polar surface area (TPSA) is 58.6 Å². The molecule has 2 amide bonds. The van der Waals surface area contributed by atoms with Gasteiger partial charge in [0.1, 0.15) is 5.75 Å². The van der Waals surface area contributed by atoms with Gasteiger partial charge in [0.25, 0.3) is 0 Å². The van der Waals surface area contributed by atoms with E-state index in [4.69, 9.17) is 27.9 Å². The van der Waals surface area contributed by atoms with Gasteiger partial charge in [-0.2, -0.15) is 0 Å². The number of methoxy groups -OCH3 is 1. The third kappa shape index (κ3) is 6.12. The molecule has 0 spiro atoms. The van der Waals surface area contributed by atoms with Gasteiger partial charge in [-0.1, -0.05) is 29.3 Å². The predicted molar refractivity (Wildman–Crippen MR) is 106 cm³/mol. The standard InChI is InChI=1S/C18H18Cl2N2O3S/c1-22(10-17(23)21-13-4-3-5-14(9-13)25-2)18(24)11-26-16-8-12(19)6-7-15(16)20/h3-9H,10-11H2,1-2H3,(H,21,23). The van der Waals surface area contributed by atoms with Gasteiger partial charge >= 0.3 is 0 Å². The molecule has 8 heteroatoms. The van der Waals surface area contributed by atoms with Crippen LogP contribution in [0.5, 0.6) is 5.75 Å². The highest BCUT2D eigenvalue weighted by molar-refractivity contribution is 8.00. The van der Waals surface area contributed by atoms with Crippen LogP contribution in [-0.2, 0) is 9.59 Å². The van der Waals surface area contributed by atoms with Gasteiger partial charge in [0.15, 0.2) is 0 Å². The first kappa shape index (κ1) is 20.4. The molecule has 0 atom stereocenters. The third-order valence-electron chi connectivity index (χ3n) is 3.40. The SMILES string of the molecule is COc1cccc(NC(=O)CN(C)C(=O)CSc2cc(Cl)ccc2Cl)c1. The van der Waals surface area contributed by atoms with Gasteiger partial charge in [0, 0.05) is 28.7 Å². The van der Waals surface area contributed by atoms with E-state index >= 15 is 0 Å². The van der Waals surface area contributed by atoms with Crippen LogP contribution in [0.1, 0.15) is 0 Å². The quantitative estimate of drug-likeness (QED) is 0.692. The van der Waals surface area contributed by atoms with Crippen molar-refractivity contribution in [3.8, 4) is 5.75 Å². The number of nitrogens with one attached hydrogen (secondary N) is 1. The summed E-state index contributed by atoms with van der Waals surface area (Å²) in [6, 6.07) is 12.1. The maximum absolute atomic E-state index is 12.2. The molecule has 1 N–H and O–H groups in total. The lowest BCUT2D eigenvalue weighted by molar-refractivity contribution is -0.131. The van der Waals surface area contributed by atoms with Crippen LogP contribution >= 0.6 is 35.0 Å². The van der Waals surface area contributed by atoms with Crippen molar-refractivity contribution in [3.63, 3.8) is 0 Å². The third-order valence-corrected chi connectivity index (χ3v) is 5.12. The number of rotatable bonds is 7. The number of thioether (sulfide) groups is 1. The monoisotopic (exact) mass is 412 g/mol. The van der Waals surface area contributed by atoms with Crippen molar-refractivity contribution in [1.82, 2.24) is 4.90 Å². The minimum atomic E-state index is -0.292. The first-order valence-corrected chi connectivity index (χ1v) is 9.39. The van der Waals surface area contributed by atoms with Crippen LogP contribution in [0.3, 0.4) is 0 Å². The van der Waals surface area contributed by atoms with Gasteiger partial charge in [0.2, 0.25) is 11.8 Å². The Kier molecular flexibility index (Phi) is 7.63. The molecule has 0 saturated carbocycles. The number of carbonyl (C=O) groups excluding carboxylic acids is 2. The lowest BCUT2D eigenvalue weighted by Gasteiger charge is -2.17. The summed E-state index contributed by atoms with van der Waals surface area (Å²) in [4.78, 5) is 26.4. The van der Waals surface area contributed by atoms with Crippen molar-refractivity contribution in [2.45, 2.75) is 4.90 Å². The molecule has 0 saturated heterocycles. The van der Waals surface area contributed by atoms with Crippen LogP contribution in [-0.4, -0.2) is 43.2 Å². The minimum absolute atomic E-state index is 0.0557. The highest BCUT2D eigenvalue weighted by Gasteiger charge is 2.14. The predicted octanol–water partition coefficient (Wildman–Crippen LogP) is 4.19. The lowest BCUT2D eigenvalue weighted by atomic mass is 10.3. The fraction of sp³-hybridized carbons (Fsp3) is 0.222. The van der Waals surface area contributed by atoms with Gasteiger partial charge in [0.05, 0.1) is 24.4 Å².